The van der Waals surface area contributed by atoms with Crippen molar-refractivity contribution in [2.45, 2.75) is 31.1 Å². The van der Waals surface area contributed by atoms with Crippen molar-refractivity contribution in [3.8, 4) is 5.75 Å². The predicted molar refractivity (Wildman–Crippen MR) is 98.2 cm³/mol. The lowest BCUT2D eigenvalue weighted by Gasteiger charge is -2.28. The lowest BCUT2D eigenvalue weighted by Crippen LogP contribution is -2.37. The summed E-state index contributed by atoms with van der Waals surface area (Å²) in [5.74, 6) is 0.589. The zero-order valence-electron chi connectivity index (χ0n) is 13.4. The number of amides is 1. The molecule has 0 heterocycles. The lowest BCUT2D eigenvalue weighted by atomic mass is 9.78. The Balaban J connectivity index is 1.88. The molecule has 5 heteroatoms. The lowest BCUT2D eigenvalue weighted by molar-refractivity contribution is -0.121. The van der Waals surface area contributed by atoms with Crippen LogP contribution >= 0.6 is 23.2 Å². The maximum Gasteiger partial charge on any atom is 0.235 e. The summed E-state index contributed by atoms with van der Waals surface area (Å²) in [6.45, 7) is 0. The van der Waals surface area contributed by atoms with Crippen LogP contribution in [0.25, 0.3) is 0 Å². The molecule has 1 fully saturated rings. The van der Waals surface area contributed by atoms with Gasteiger partial charge >= 0.3 is 0 Å². The molecule has 1 aliphatic carbocycles. The van der Waals surface area contributed by atoms with E-state index in [9.17, 15) is 4.79 Å². The third-order valence-electron chi connectivity index (χ3n) is 4.70. The van der Waals surface area contributed by atoms with Crippen molar-refractivity contribution in [1.82, 2.24) is 0 Å². The molecule has 24 heavy (non-hydrogen) atoms. The second-order valence-corrected chi connectivity index (χ2v) is 6.94. The number of carbonyl (C=O) groups is 1. The maximum absolute atomic E-state index is 13.1. The zero-order valence-corrected chi connectivity index (χ0v) is 15.0. The molecule has 1 amide bonds. The Bertz CT molecular complexity index is 738. The van der Waals surface area contributed by atoms with Crippen LogP contribution in [0.1, 0.15) is 31.2 Å². The quantitative estimate of drug-likeness (QED) is 0.783. The highest BCUT2D eigenvalue weighted by molar-refractivity contribution is 6.32. The van der Waals surface area contributed by atoms with Gasteiger partial charge in [0, 0.05) is 10.7 Å². The fraction of sp³-hybridized carbons (Fsp3) is 0.316. The van der Waals surface area contributed by atoms with E-state index < -0.39 is 5.41 Å². The molecule has 0 atom stereocenters. The first kappa shape index (κ1) is 17.1. The number of carbonyl (C=O) groups excluding carboxylic acids is 1. The summed E-state index contributed by atoms with van der Waals surface area (Å²) < 4.78 is 5.15. The van der Waals surface area contributed by atoms with Crippen LogP contribution in [0.5, 0.6) is 5.75 Å². The summed E-state index contributed by atoms with van der Waals surface area (Å²) in [5.41, 5.74) is 1.18. The van der Waals surface area contributed by atoms with Crippen LogP contribution in [0.2, 0.25) is 10.0 Å². The van der Waals surface area contributed by atoms with Gasteiger partial charge in [0.15, 0.2) is 0 Å². The number of hydrogen-bond acceptors (Lipinski definition) is 2. The molecule has 1 N–H and O–H groups in total. The van der Waals surface area contributed by atoms with Crippen molar-refractivity contribution in [3.05, 3.63) is 58.1 Å². The summed E-state index contributed by atoms with van der Waals surface area (Å²) in [7, 11) is 1.56. The highest BCUT2D eigenvalue weighted by Gasteiger charge is 2.42. The van der Waals surface area contributed by atoms with Crippen molar-refractivity contribution in [3.63, 3.8) is 0 Å². The highest BCUT2D eigenvalue weighted by atomic mass is 35.5. The van der Waals surface area contributed by atoms with Crippen LogP contribution in [-0.4, -0.2) is 13.0 Å². The minimum absolute atomic E-state index is 0.00329. The molecule has 0 aromatic heterocycles. The molecule has 1 saturated carbocycles. The van der Waals surface area contributed by atoms with E-state index in [0.717, 1.165) is 31.2 Å². The van der Waals surface area contributed by atoms with Crippen LogP contribution in [0, 0.1) is 0 Å². The number of rotatable bonds is 4. The second-order valence-electron chi connectivity index (χ2n) is 6.10. The number of methoxy groups -OCH3 is 1. The summed E-state index contributed by atoms with van der Waals surface area (Å²) in [5, 5.41) is 4.17. The molecule has 126 valence electrons. The van der Waals surface area contributed by atoms with E-state index in [1.165, 1.54) is 0 Å². The molecular weight excluding hydrogens is 345 g/mol. The minimum atomic E-state index is -0.503. The zero-order chi connectivity index (χ0) is 17.2. The van der Waals surface area contributed by atoms with Crippen LogP contribution in [0.3, 0.4) is 0 Å². The molecule has 3 nitrogen and oxygen atoms in total. The molecule has 0 bridgehead atoms. The molecule has 2 aromatic carbocycles. The average Bonchev–Trinajstić information content (AvgIpc) is 3.07. The maximum atomic E-state index is 13.1. The van der Waals surface area contributed by atoms with E-state index >= 15 is 0 Å². The summed E-state index contributed by atoms with van der Waals surface area (Å²) in [6.07, 6.45) is 3.76. The van der Waals surface area contributed by atoms with Crippen molar-refractivity contribution in [1.29, 1.82) is 0 Å². The van der Waals surface area contributed by atoms with Gasteiger partial charge in [0.2, 0.25) is 5.91 Å². The summed E-state index contributed by atoms with van der Waals surface area (Å²) in [4.78, 5) is 13.1. The van der Waals surface area contributed by atoms with E-state index in [0.29, 0.717) is 21.5 Å². The standard InChI is InChI=1S/C19H19Cl2NO2/c1-24-17-9-8-15(12-16(17)21)22-18(23)19(10-2-3-11-19)13-4-6-14(20)7-5-13/h4-9,12H,2-3,10-11H2,1H3,(H,22,23). The predicted octanol–water partition coefficient (Wildman–Crippen LogP) is 5.45. The van der Waals surface area contributed by atoms with Crippen LogP contribution < -0.4 is 10.1 Å². The Labute approximate surface area is 151 Å². The van der Waals surface area contributed by atoms with Gasteiger partial charge < -0.3 is 10.1 Å². The van der Waals surface area contributed by atoms with Gasteiger partial charge in [-0.05, 0) is 48.7 Å². The van der Waals surface area contributed by atoms with Gasteiger partial charge in [0.1, 0.15) is 5.75 Å². The minimum Gasteiger partial charge on any atom is -0.495 e. The van der Waals surface area contributed by atoms with E-state index in [-0.39, 0.29) is 5.91 Å². The van der Waals surface area contributed by atoms with Gasteiger partial charge in [0.25, 0.3) is 0 Å². The number of hydrogen-bond donors (Lipinski definition) is 1. The SMILES string of the molecule is COc1ccc(NC(=O)C2(c3ccc(Cl)cc3)CCCC2)cc1Cl. The van der Waals surface area contributed by atoms with Crippen LogP contribution in [0.15, 0.2) is 42.5 Å². The number of nitrogens with one attached hydrogen (secondary N) is 1. The monoisotopic (exact) mass is 363 g/mol. The molecule has 2 aromatic rings. The molecule has 0 saturated heterocycles. The molecule has 0 radical (unpaired) electrons. The smallest absolute Gasteiger partial charge is 0.235 e. The van der Waals surface area contributed by atoms with Crippen molar-refractivity contribution in [2.24, 2.45) is 0 Å². The Kier molecular flexibility index (Phi) is 5.02. The van der Waals surface area contributed by atoms with Crippen LogP contribution in [0.4, 0.5) is 5.69 Å². The molecule has 3 rings (SSSR count). The first-order valence-electron chi connectivity index (χ1n) is 7.96. The normalized spacial score (nSPS) is 16.0. The largest absolute Gasteiger partial charge is 0.495 e. The molecule has 0 spiro atoms. The van der Waals surface area contributed by atoms with Crippen molar-refractivity contribution < 1.29 is 9.53 Å². The summed E-state index contributed by atoms with van der Waals surface area (Å²) >= 11 is 12.1. The van der Waals surface area contributed by atoms with E-state index in [2.05, 4.69) is 5.32 Å². The van der Waals surface area contributed by atoms with Crippen molar-refractivity contribution >= 4 is 34.8 Å². The molecule has 0 aliphatic heterocycles. The first-order valence-corrected chi connectivity index (χ1v) is 8.72. The number of ether oxygens (including phenoxy) is 1. The topological polar surface area (TPSA) is 38.3 Å². The Morgan fingerprint density at radius 2 is 1.75 bits per heavy atom. The Morgan fingerprint density at radius 1 is 1.08 bits per heavy atom. The van der Waals surface area contributed by atoms with Gasteiger partial charge in [-0.1, -0.05) is 48.2 Å². The van der Waals surface area contributed by atoms with Crippen LogP contribution in [-0.2, 0) is 10.2 Å². The Morgan fingerprint density at radius 3 is 2.33 bits per heavy atom. The van der Waals surface area contributed by atoms with Gasteiger partial charge in [-0.15, -0.1) is 0 Å². The average molecular weight is 364 g/mol. The van der Waals surface area contributed by atoms with Gasteiger partial charge in [-0.25, -0.2) is 0 Å². The summed E-state index contributed by atoms with van der Waals surface area (Å²) in [6, 6.07) is 12.9. The van der Waals surface area contributed by atoms with Gasteiger partial charge in [0.05, 0.1) is 17.5 Å². The molecule has 1 aliphatic rings. The third-order valence-corrected chi connectivity index (χ3v) is 5.25. The number of halogens is 2. The molecule has 0 unspecified atom stereocenters. The molecular formula is C19H19Cl2NO2. The second kappa shape index (κ2) is 7.04. The number of anilines is 1. The number of benzene rings is 2. The van der Waals surface area contributed by atoms with Crippen molar-refractivity contribution in [2.75, 3.05) is 12.4 Å². The van der Waals surface area contributed by atoms with Gasteiger partial charge in [-0.3, -0.25) is 4.79 Å². The third kappa shape index (κ3) is 3.24. The Hall–Kier alpha value is -1.71. The highest BCUT2D eigenvalue weighted by Crippen LogP contribution is 2.42. The van der Waals surface area contributed by atoms with E-state index in [1.54, 1.807) is 25.3 Å². The first-order chi connectivity index (χ1) is 11.5. The van der Waals surface area contributed by atoms with Gasteiger partial charge in [-0.2, -0.15) is 0 Å². The fourth-order valence-corrected chi connectivity index (χ4v) is 3.77. The van der Waals surface area contributed by atoms with E-state index in [1.807, 2.05) is 24.3 Å². The van der Waals surface area contributed by atoms with E-state index in [4.69, 9.17) is 27.9 Å². The fourth-order valence-electron chi connectivity index (χ4n) is 3.39.